The number of nitrogen functional groups attached to an aromatic ring is 1. The molecule has 4 rings (SSSR count). The van der Waals surface area contributed by atoms with Gasteiger partial charge in [-0.15, -0.1) is 11.6 Å². The average molecular weight is 557 g/mol. The van der Waals surface area contributed by atoms with Gasteiger partial charge in [0.05, 0.1) is 30.7 Å². The number of carbonyl (C=O) groups is 2. The fraction of sp³-hybridized carbons (Fsp3) is 0.379. The van der Waals surface area contributed by atoms with Crippen molar-refractivity contribution in [2.24, 2.45) is 0 Å². The number of aromatic carboxylic acids is 1. The Hall–Kier alpha value is -3.69. The maximum Gasteiger partial charge on any atom is 0.337 e. The number of ether oxygens (including phenoxy) is 4. The molecule has 1 amide bonds. The molecular formula is C29H33ClN2O7. The predicted molar refractivity (Wildman–Crippen MR) is 151 cm³/mol. The van der Waals surface area contributed by atoms with Crippen LogP contribution in [-0.2, 0) is 9.53 Å². The number of fused-ring (bicyclic) bond motifs is 3. The highest BCUT2D eigenvalue weighted by atomic mass is 35.5. The van der Waals surface area contributed by atoms with Gasteiger partial charge in [-0.1, -0.05) is 24.3 Å². The van der Waals surface area contributed by atoms with Crippen molar-refractivity contribution >= 4 is 45.6 Å². The first-order valence-electron chi connectivity index (χ1n) is 12.8. The molecule has 0 aliphatic carbocycles. The van der Waals surface area contributed by atoms with Gasteiger partial charge in [0.25, 0.3) is 0 Å². The van der Waals surface area contributed by atoms with Crippen LogP contribution in [0.15, 0.2) is 42.5 Å². The molecular weight excluding hydrogens is 524 g/mol. The number of halogens is 1. The highest BCUT2D eigenvalue weighted by Crippen LogP contribution is 2.45. The van der Waals surface area contributed by atoms with Gasteiger partial charge in [-0.2, -0.15) is 0 Å². The first-order valence-corrected chi connectivity index (χ1v) is 13.3. The summed E-state index contributed by atoms with van der Waals surface area (Å²) in [6.07, 6.45) is 2.56. The van der Waals surface area contributed by atoms with Crippen LogP contribution in [0.3, 0.4) is 0 Å². The first kappa shape index (κ1) is 28.3. The molecule has 0 aromatic heterocycles. The lowest BCUT2D eigenvalue weighted by Crippen LogP contribution is -2.29. The van der Waals surface area contributed by atoms with Gasteiger partial charge in [0, 0.05) is 55.5 Å². The largest absolute Gasteiger partial charge is 0.493 e. The lowest BCUT2D eigenvalue weighted by atomic mass is 9.95. The molecule has 1 aliphatic heterocycles. The fourth-order valence-electron chi connectivity index (χ4n) is 4.92. The summed E-state index contributed by atoms with van der Waals surface area (Å²) >= 11 is 6.35. The number of carboxylic acids is 1. The van der Waals surface area contributed by atoms with E-state index in [-0.39, 0.29) is 29.9 Å². The number of nitrogens with two attached hydrogens (primary N) is 1. The smallest absolute Gasteiger partial charge is 0.337 e. The highest BCUT2D eigenvalue weighted by molar-refractivity contribution is 6.19. The van der Waals surface area contributed by atoms with Crippen molar-refractivity contribution < 1.29 is 33.6 Å². The number of nitrogens with zero attached hydrogens (tertiary/aromatic N) is 1. The third-order valence-corrected chi connectivity index (χ3v) is 7.18. The van der Waals surface area contributed by atoms with Crippen molar-refractivity contribution in [2.45, 2.75) is 31.6 Å². The van der Waals surface area contributed by atoms with Gasteiger partial charge in [-0.05, 0) is 30.2 Å². The molecule has 9 nitrogen and oxygen atoms in total. The normalized spacial score (nSPS) is 14.3. The van der Waals surface area contributed by atoms with Crippen molar-refractivity contribution in [1.29, 1.82) is 0 Å². The second kappa shape index (κ2) is 12.9. The minimum absolute atomic E-state index is 0.0373. The highest BCUT2D eigenvalue weighted by Gasteiger charge is 2.34. The molecule has 3 N–H and O–H groups in total. The number of alkyl halides is 1. The van der Waals surface area contributed by atoms with Crippen LogP contribution < -0.4 is 24.8 Å². The molecule has 1 aliphatic rings. The summed E-state index contributed by atoms with van der Waals surface area (Å²) in [4.78, 5) is 26.4. The average Bonchev–Trinajstić information content (AvgIpc) is 3.32. The molecule has 0 fully saturated rings. The number of hydrogen-bond acceptors (Lipinski definition) is 7. The second-order valence-corrected chi connectivity index (χ2v) is 9.62. The maximum absolute atomic E-state index is 13.3. The Morgan fingerprint density at radius 2 is 1.79 bits per heavy atom. The number of methoxy groups -OCH3 is 2. The number of benzene rings is 3. The summed E-state index contributed by atoms with van der Waals surface area (Å²) in [5.41, 5.74) is 7.81. The van der Waals surface area contributed by atoms with Crippen LogP contribution in [0.5, 0.6) is 17.2 Å². The lowest BCUT2D eigenvalue weighted by molar-refractivity contribution is -0.118. The topological polar surface area (TPSA) is 121 Å². The van der Waals surface area contributed by atoms with E-state index in [9.17, 15) is 14.7 Å². The molecule has 1 atom stereocenters. The molecule has 39 heavy (non-hydrogen) atoms. The fourth-order valence-corrected chi connectivity index (χ4v) is 5.17. The number of unbranched alkanes of at least 4 members (excludes halogenated alkanes) is 2. The molecule has 0 radical (unpaired) electrons. The van der Waals surface area contributed by atoms with E-state index in [0.29, 0.717) is 55.5 Å². The first-order chi connectivity index (χ1) is 18.9. The van der Waals surface area contributed by atoms with E-state index in [1.54, 1.807) is 7.11 Å². The minimum Gasteiger partial charge on any atom is -0.493 e. The number of carboxylic acid groups (broad SMARTS) is 1. The van der Waals surface area contributed by atoms with Crippen molar-refractivity contribution in [2.75, 3.05) is 50.7 Å². The zero-order valence-electron chi connectivity index (χ0n) is 22.1. The van der Waals surface area contributed by atoms with Gasteiger partial charge in [-0.3, -0.25) is 4.79 Å². The molecule has 0 saturated heterocycles. The van der Waals surface area contributed by atoms with Crippen LogP contribution in [-0.4, -0.2) is 57.0 Å². The third-order valence-electron chi connectivity index (χ3n) is 6.81. The van der Waals surface area contributed by atoms with Crippen LogP contribution in [0, 0.1) is 0 Å². The van der Waals surface area contributed by atoms with Crippen LogP contribution >= 0.6 is 11.6 Å². The predicted octanol–water partition coefficient (Wildman–Crippen LogP) is 5.42. The lowest BCUT2D eigenvalue weighted by Gasteiger charge is -2.19. The van der Waals surface area contributed by atoms with E-state index in [0.717, 1.165) is 28.4 Å². The second-order valence-electron chi connectivity index (χ2n) is 9.31. The van der Waals surface area contributed by atoms with Gasteiger partial charge in [0.2, 0.25) is 5.91 Å². The Kier molecular flexibility index (Phi) is 9.37. The van der Waals surface area contributed by atoms with Gasteiger partial charge >= 0.3 is 5.97 Å². The summed E-state index contributed by atoms with van der Waals surface area (Å²) in [7, 11) is 3.01. The van der Waals surface area contributed by atoms with Gasteiger partial charge in [0.1, 0.15) is 5.75 Å². The molecule has 0 spiro atoms. The summed E-state index contributed by atoms with van der Waals surface area (Å²) in [5, 5.41) is 11.2. The molecule has 0 saturated carbocycles. The number of anilines is 2. The minimum atomic E-state index is -1.13. The SMILES string of the molecule is COCOc1cc2c(c3ccccc13)[C@H](CCl)CN2C(=O)CCCCCOc1cc(N)c(C(=O)O)cc1OC. The van der Waals surface area contributed by atoms with Crippen LogP contribution in [0.25, 0.3) is 10.8 Å². The van der Waals surface area contributed by atoms with E-state index >= 15 is 0 Å². The van der Waals surface area contributed by atoms with Crippen LogP contribution in [0.4, 0.5) is 11.4 Å². The van der Waals surface area contributed by atoms with E-state index in [2.05, 4.69) is 0 Å². The molecule has 208 valence electrons. The van der Waals surface area contributed by atoms with E-state index in [4.69, 9.17) is 36.3 Å². The summed E-state index contributed by atoms with van der Waals surface area (Å²) in [5.74, 6) is 0.718. The third kappa shape index (κ3) is 6.15. The molecule has 0 bridgehead atoms. The monoisotopic (exact) mass is 556 g/mol. The standard InChI is InChI=1S/C29H33ClN2O7/c1-36-17-39-24-14-23-28(20-9-6-5-8-19(20)24)18(15-30)16-32(23)27(33)10-4-3-7-11-38-26-13-22(31)21(29(34)35)12-25(26)37-2/h5-6,8-9,12-14,18H,3-4,7,10-11,15-17,31H2,1-2H3,(H,34,35)/t18-/m1/s1. The maximum atomic E-state index is 13.3. The molecule has 3 aromatic carbocycles. The van der Waals surface area contributed by atoms with Crippen molar-refractivity contribution in [3.05, 3.63) is 53.6 Å². The Balaban J connectivity index is 1.37. The van der Waals surface area contributed by atoms with E-state index < -0.39 is 5.97 Å². The van der Waals surface area contributed by atoms with E-state index in [1.165, 1.54) is 19.2 Å². The van der Waals surface area contributed by atoms with Gasteiger partial charge in [-0.25, -0.2) is 4.79 Å². The summed E-state index contributed by atoms with van der Waals surface area (Å²) in [6, 6.07) is 12.7. The van der Waals surface area contributed by atoms with Gasteiger partial charge in [0.15, 0.2) is 18.3 Å². The zero-order chi connectivity index (χ0) is 27.9. The Labute approximate surface area is 232 Å². The van der Waals surface area contributed by atoms with Crippen LogP contribution in [0.1, 0.15) is 47.5 Å². The number of hydrogen-bond donors (Lipinski definition) is 2. The Morgan fingerprint density at radius 1 is 1.03 bits per heavy atom. The van der Waals surface area contributed by atoms with Crippen molar-refractivity contribution in [3.8, 4) is 17.2 Å². The van der Waals surface area contributed by atoms with Crippen molar-refractivity contribution in [3.63, 3.8) is 0 Å². The molecule has 10 heteroatoms. The number of amides is 1. The molecule has 3 aromatic rings. The summed E-state index contributed by atoms with van der Waals surface area (Å²) < 4.78 is 22.0. The van der Waals surface area contributed by atoms with E-state index in [1.807, 2.05) is 35.2 Å². The number of carbonyl (C=O) groups excluding carboxylic acids is 1. The Bertz CT molecular complexity index is 1350. The quantitative estimate of drug-likeness (QED) is 0.124. The summed E-state index contributed by atoms with van der Waals surface area (Å²) in [6.45, 7) is 1.02. The van der Waals surface area contributed by atoms with Crippen LogP contribution in [0.2, 0.25) is 0 Å². The number of rotatable bonds is 13. The molecule has 0 unspecified atom stereocenters. The van der Waals surface area contributed by atoms with Crippen molar-refractivity contribution in [1.82, 2.24) is 0 Å². The zero-order valence-corrected chi connectivity index (χ0v) is 22.8. The Morgan fingerprint density at radius 3 is 2.49 bits per heavy atom. The van der Waals surface area contributed by atoms with Gasteiger partial charge < -0.3 is 34.7 Å². The molecule has 1 heterocycles.